The van der Waals surface area contributed by atoms with Crippen LogP contribution in [0.1, 0.15) is 23.1 Å². The molecule has 2 rings (SSSR count). The Hall–Kier alpha value is -0.860. The molecular weight excluding hydrogens is 184 g/mol. The van der Waals surface area contributed by atoms with Gasteiger partial charge in [0, 0.05) is 25.7 Å². The molecule has 0 aromatic heterocycles. The van der Waals surface area contributed by atoms with Gasteiger partial charge in [-0.3, -0.25) is 4.90 Å². The third kappa shape index (κ3) is 2.58. The van der Waals surface area contributed by atoms with Gasteiger partial charge in [0.15, 0.2) is 0 Å². The summed E-state index contributed by atoms with van der Waals surface area (Å²) in [4.78, 5) is 2.45. The van der Waals surface area contributed by atoms with Crippen molar-refractivity contribution in [2.75, 3.05) is 13.1 Å². The zero-order valence-electron chi connectivity index (χ0n) is 9.66. The van der Waals surface area contributed by atoms with Crippen LogP contribution in [0.15, 0.2) is 18.2 Å². The van der Waals surface area contributed by atoms with Crippen molar-refractivity contribution in [3.8, 4) is 0 Å². The van der Waals surface area contributed by atoms with Crippen molar-refractivity contribution < 1.29 is 0 Å². The standard InChI is InChI=1S/C13H20N2/c1-10-3-4-12(11(2)7-10)8-15-6-5-13(14)9-15/h3-4,7,13H,5-6,8-9,14H2,1-2H3/t13-/m1/s1. The van der Waals surface area contributed by atoms with Crippen molar-refractivity contribution in [2.45, 2.75) is 32.9 Å². The summed E-state index contributed by atoms with van der Waals surface area (Å²) in [7, 11) is 0. The van der Waals surface area contributed by atoms with Gasteiger partial charge in [-0.05, 0) is 31.4 Å². The van der Waals surface area contributed by atoms with Crippen molar-refractivity contribution in [3.63, 3.8) is 0 Å². The lowest BCUT2D eigenvalue weighted by molar-refractivity contribution is 0.326. The molecular formula is C13H20N2. The van der Waals surface area contributed by atoms with Gasteiger partial charge in [-0.1, -0.05) is 23.8 Å². The second-order valence-corrected chi connectivity index (χ2v) is 4.71. The van der Waals surface area contributed by atoms with Crippen LogP contribution in [0.2, 0.25) is 0 Å². The molecule has 82 valence electrons. The highest BCUT2D eigenvalue weighted by atomic mass is 15.2. The molecule has 0 radical (unpaired) electrons. The van der Waals surface area contributed by atoms with Crippen LogP contribution in [0.25, 0.3) is 0 Å². The topological polar surface area (TPSA) is 29.3 Å². The van der Waals surface area contributed by atoms with E-state index in [-0.39, 0.29) is 0 Å². The molecule has 1 fully saturated rings. The normalized spacial score (nSPS) is 22.2. The number of nitrogens with zero attached hydrogens (tertiary/aromatic N) is 1. The molecule has 1 aliphatic heterocycles. The lowest BCUT2D eigenvalue weighted by Gasteiger charge is -2.17. The van der Waals surface area contributed by atoms with E-state index in [9.17, 15) is 0 Å². The molecule has 0 bridgehead atoms. The Kier molecular flexibility index (Phi) is 3.08. The van der Waals surface area contributed by atoms with Gasteiger partial charge >= 0.3 is 0 Å². The summed E-state index contributed by atoms with van der Waals surface area (Å²) < 4.78 is 0. The minimum atomic E-state index is 0.385. The Morgan fingerprint density at radius 2 is 2.20 bits per heavy atom. The quantitative estimate of drug-likeness (QED) is 0.796. The average molecular weight is 204 g/mol. The maximum Gasteiger partial charge on any atom is 0.0237 e. The lowest BCUT2D eigenvalue weighted by atomic mass is 10.1. The van der Waals surface area contributed by atoms with Crippen molar-refractivity contribution in [1.82, 2.24) is 4.90 Å². The lowest BCUT2D eigenvalue weighted by Crippen LogP contribution is -2.26. The minimum Gasteiger partial charge on any atom is -0.326 e. The summed E-state index contributed by atoms with van der Waals surface area (Å²) in [6.07, 6.45) is 1.14. The Balaban J connectivity index is 2.04. The first kappa shape index (κ1) is 10.7. The van der Waals surface area contributed by atoms with Crippen LogP contribution in [0.3, 0.4) is 0 Å². The SMILES string of the molecule is Cc1ccc(CN2CC[C@@H](N)C2)c(C)c1. The summed E-state index contributed by atoms with van der Waals surface area (Å²) in [5.41, 5.74) is 10.1. The second-order valence-electron chi connectivity index (χ2n) is 4.71. The fourth-order valence-corrected chi connectivity index (χ4v) is 2.27. The van der Waals surface area contributed by atoms with Crippen LogP contribution in [0, 0.1) is 13.8 Å². The van der Waals surface area contributed by atoms with Gasteiger partial charge in [0.1, 0.15) is 0 Å². The molecule has 1 heterocycles. The predicted molar refractivity (Wildman–Crippen MR) is 63.8 cm³/mol. The molecule has 0 unspecified atom stereocenters. The molecule has 2 N–H and O–H groups in total. The van der Waals surface area contributed by atoms with Gasteiger partial charge < -0.3 is 5.73 Å². The molecule has 0 amide bonds. The van der Waals surface area contributed by atoms with Gasteiger partial charge in [0.2, 0.25) is 0 Å². The van der Waals surface area contributed by atoms with E-state index in [1.54, 1.807) is 0 Å². The first-order chi connectivity index (χ1) is 7.15. The van der Waals surface area contributed by atoms with E-state index in [0.717, 1.165) is 26.1 Å². The van der Waals surface area contributed by atoms with Crippen LogP contribution in [-0.2, 0) is 6.54 Å². The first-order valence-electron chi connectivity index (χ1n) is 5.69. The number of hydrogen-bond donors (Lipinski definition) is 1. The third-order valence-corrected chi connectivity index (χ3v) is 3.20. The van der Waals surface area contributed by atoms with E-state index in [0.29, 0.717) is 6.04 Å². The number of benzene rings is 1. The molecule has 2 heteroatoms. The highest BCUT2D eigenvalue weighted by Crippen LogP contribution is 2.16. The molecule has 1 aliphatic rings. The monoisotopic (exact) mass is 204 g/mol. The summed E-state index contributed by atoms with van der Waals surface area (Å²) in [5.74, 6) is 0. The maximum atomic E-state index is 5.90. The molecule has 0 spiro atoms. The van der Waals surface area contributed by atoms with Crippen LogP contribution >= 0.6 is 0 Å². The first-order valence-corrected chi connectivity index (χ1v) is 5.69. The van der Waals surface area contributed by atoms with Crippen molar-refractivity contribution in [3.05, 3.63) is 34.9 Å². The van der Waals surface area contributed by atoms with Gasteiger partial charge in [-0.25, -0.2) is 0 Å². The summed E-state index contributed by atoms with van der Waals surface area (Å²) in [6.45, 7) is 7.59. The molecule has 1 atom stereocenters. The molecule has 0 saturated carbocycles. The van der Waals surface area contributed by atoms with Crippen LogP contribution < -0.4 is 5.73 Å². The Labute approximate surface area is 92.1 Å². The van der Waals surface area contributed by atoms with Crippen molar-refractivity contribution in [2.24, 2.45) is 5.73 Å². The minimum absolute atomic E-state index is 0.385. The number of nitrogens with two attached hydrogens (primary N) is 1. The molecule has 0 aliphatic carbocycles. The summed E-state index contributed by atoms with van der Waals surface area (Å²) in [6, 6.07) is 7.08. The molecule has 1 aromatic carbocycles. The molecule has 15 heavy (non-hydrogen) atoms. The third-order valence-electron chi connectivity index (χ3n) is 3.20. The average Bonchev–Trinajstić information content (AvgIpc) is 2.56. The number of rotatable bonds is 2. The largest absolute Gasteiger partial charge is 0.326 e. The fraction of sp³-hybridized carbons (Fsp3) is 0.538. The Morgan fingerprint density at radius 1 is 1.40 bits per heavy atom. The number of likely N-dealkylation sites (tertiary alicyclic amines) is 1. The fourth-order valence-electron chi connectivity index (χ4n) is 2.27. The highest BCUT2D eigenvalue weighted by molar-refractivity contribution is 5.30. The van der Waals surface area contributed by atoms with E-state index in [1.807, 2.05) is 0 Å². The predicted octanol–water partition coefficient (Wildman–Crippen LogP) is 1.84. The smallest absolute Gasteiger partial charge is 0.0237 e. The number of hydrogen-bond acceptors (Lipinski definition) is 2. The zero-order chi connectivity index (χ0) is 10.8. The van der Waals surface area contributed by atoms with E-state index < -0.39 is 0 Å². The summed E-state index contributed by atoms with van der Waals surface area (Å²) in [5, 5.41) is 0. The second kappa shape index (κ2) is 4.33. The van der Waals surface area contributed by atoms with E-state index in [4.69, 9.17) is 5.73 Å². The van der Waals surface area contributed by atoms with Crippen molar-refractivity contribution >= 4 is 0 Å². The maximum absolute atomic E-state index is 5.90. The Morgan fingerprint density at radius 3 is 2.80 bits per heavy atom. The van der Waals surface area contributed by atoms with E-state index >= 15 is 0 Å². The molecule has 2 nitrogen and oxygen atoms in total. The molecule has 1 aromatic rings. The van der Waals surface area contributed by atoms with E-state index in [2.05, 4.69) is 36.9 Å². The molecule has 1 saturated heterocycles. The van der Waals surface area contributed by atoms with Crippen LogP contribution in [0.5, 0.6) is 0 Å². The Bertz CT molecular complexity index is 346. The van der Waals surface area contributed by atoms with Gasteiger partial charge in [0.05, 0.1) is 0 Å². The zero-order valence-corrected chi connectivity index (χ0v) is 9.66. The highest BCUT2D eigenvalue weighted by Gasteiger charge is 2.19. The van der Waals surface area contributed by atoms with Crippen molar-refractivity contribution in [1.29, 1.82) is 0 Å². The van der Waals surface area contributed by atoms with Gasteiger partial charge in [0.25, 0.3) is 0 Å². The summed E-state index contributed by atoms with van der Waals surface area (Å²) >= 11 is 0. The van der Waals surface area contributed by atoms with Gasteiger partial charge in [-0.2, -0.15) is 0 Å². The van der Waals surface area contributed by atoms with Gasteiger partial charge in [-0.15, -0.1) is 0 Å². The van der Waals surface area contributed by atoms with Crippen LogP contribution in [-0.4, -0.2) is 24.0 Å². The van der Waals surface area contributed by atoms with E-state index in [1.165, 1.54) is 16.7 Å². The van der Waals surface area contributed by atoms with Crippen LogP contribution in [0.4, 0.5) is 0 Å². The number of aryl methyl sites for hydroxylation is 2.